The summed E-state index contributed by atoms with van der Waals surface area (Å²) in [6.45, 7) is 0. The van der Waals surface area contributed by atoms with Crippen LogP contribution in [-0.4, -0.2) is 21.8 Å². The number of alkyl halides is 1. The number of ether oxygens (including phenoxy) is 2. The molecule has 0 fully saturated rings. The summed E-state index contributed by atoms with van der Waals surface area (Å²) in [6, 6.07) is 6.04. The molecule has 0 aromatic heterocycles. The monoisotopic (exact) mass is 574 g/mol. The van der Waals surface area contributed by atoms with E-state index in [0.717, 1.165) is 48.5 Å². The molecule has 0 N–H and O–H groups in total. The molecule has 1 unspecified atom stereocenters. The fraction of sp³-hybridized carbons (Fsp3) is 0.0833. The maximum Gasteiger partial charge on any atom is 0.346 e. The molecule has 0 aliphatic heterocycles. The Morgan fingerprint density at radius 2 is 1.15 bits per heavy atom. The number of allylic oxidation sites excluding steroid dienone is 2. The highest BCUT2D eigenvalue weighted by Crippen LogP contribution is 2.49. The zero-order chi connectivity index (χ0) is 29.5. The number of rotatable bonds is 7. The van der Waals surface area contributed by atoms with Crippen LogP contribution in [0.25, 0.3) is 5.57 Å². The van der Waals surface area contributed by atoms with Gasteiger partial charge >= 0.3 is 5.79 Å². The number of nitrogens with zero attached hydrogens (tertiary/aromatic N) is 2. The third-order valence-electron chi connectivity index (χ3n) is 5.52. The van der Waals surface area contributed by atoms with E-state index in [0.29, 0.717) is 0 Å². The first-order valence-electron chi connectivity index (χ1n) is 10.6. The Bertz CT molecular complexity index is 1530. The van der Waals surface area contributed by atoms with E-state index in [1.54, 1.807) is 0 Å². The Balaban J connectivity index is 1.89. The van der Waals surface area contributed by atoms with E-state index in [-0.39, 0.29) is 6.07 Å². The molecule has 0 bridgehead atoms. The van der Waals surface area contributed by atoms with Crippen molar-refractivity contribution in [1.82, 2.24) is 0 Å². The summed E-state index contributed by atoms with van der Waals surface area (Å²) in [5, 5.41) is 21.8. The summed E-state index contributed by atoms with van der Waals surface area (Å²) in [7, 11) is 0. The van der Waals surface area contributed by atoms with E-state index in [9.17, 15) is 37.8 Å². The van der Waals surface area contributed by atoms with Gasteiger partial charge in [-0.25, -0.2) is 30.7 Å². The van der Waals surface area contributed by atoms with Gasteiger partial charge in [0.1, 0.15) is 11.5 Å². The van der Waals surface area contributed by atoms with E-state index in [1.165, 1.54) is 0 Å². The molecule has 40 heavy (non-hydrogen) atoms. The van der Waals surface area contributed by atoms with Gasteiger partial charge in [-0.1, -0.05) is 0 Å². The highest BCUT2D eigenvalue weighted by atomic mass is 19.2. The third-order valence-corrected chi connectivity index (χ3v) is 5.52. The quantitative estimate of drug-likeness (QED) is 0.0745. The number of non-ortho nitro benzene ring substituents is 2. The summed E-state index contributed by atoms with van der Waals surface area (Å²) in [6.07, 6.45) is -3.58. The summed E-state index contributed by atoms with van der Waals surface area (Å²) in [5.74, 6) is -21.8. The standard InChI is InChI=1S/C24H10F8N2O6/c25-15-9-14(17(26)21(30)18(15)27)16-19(28)22(31)24(23(32)20(16)29,39-12-5-1-10(2-6-12)33(35)36)40-13-7-3-11(4-8-13)34(37)38/h1-9,22H. The fourth-order valence-corrected chi connectivity index (χ4v) is 3.61. The van der Waals surface area contributed by atoms with Crippen molar-refractivity contribution in [1.29, 1.82) is 0 Å². The van der Waals surface area contributed by atoms with E-state index in [2.05, 4.69) is 0 Å². The molecule has 3 aromatic carbocycles. The van der Waals surface area contributed by atoms with Gasteiger partial charge in [0.15, 0.2) is 34.9 Å². The smallest absolute Gasteiger partial charge is 0.346 e. The van der Waals surface area contributed by atoms with Crippen LogP contribution >= 0.6 is 0 Å². The van der Waals surface area contributed by atoms with Crippen molar-refractivity contribution in [2.24, 2.45) is 0 Å². The number of benzene rings is 3. The maximum absolute atomic E-state index is 15.7. The van der Waals surface area contributed by atoms with Crippen LogP contribution in [0.2, 0.25) is 0 Å². The van der Waals surface area contributed by atoms with E-state index in [4.69, 9.17) is 9.47 Å². The minimum Gasteiger partial charge on any atom is -0.444 e. The van der Waals surface area contributed by atoms with Crippen molar-refractivity contribution in [2.45, 2.75) is 12.0 Å². The van der Waals surface area contributed by atoms with Crippen molar-refractivity contribution in [2.75, 3.05) is 0 Å². The summed E-state index contributed by atoms with van der Waals surface area (Å²) >= 11 is 0. The van der Waals surface area contributed by atoms with Crippen LogP contribution in [0, 0.1) is 43.5 Å². The molecule has 8 nitrogen and oxygen atoms in total. The van der Waals surface area contributed by atoms with Gasteiger partial charge in [0.05, 0.1) is 15.4 Å². The molecule has 3 aromatic rings. The Kier molecular flexibility index (Phi) is 7.19. The minimum atomic E-state index is -3.78. The molecule has 1 aliphatic rings. The molecule has 208 valence electrons. The van der Waals surface area contributed by atoms with Crippen molar-refractivity contribution in [3.63, 3.8) is 0 Å². The van der Waals surface area contributed by atoms with E-state index >= 15 is 17.6 Å². The molecule has 0 saturated carbocycles. The Hall–Kier alpha value is -5.02. The molecule has 0 heterocycles. The first-order valence-corrected chi connectivity index (χ1v) is 10.6. The second kappa shape index (κ2) is 10.3. The second-order valence-electron chi connectivity index (χ2n) is 7.93. The van der Waals surface area contributed by atoms with Crippen molar-refractivity contribution in [3.05, 3.63) is 121 Å². The topological polar surface area (TPSA) is 105 Å². The largest absolute Gasteiger partial charge is 0.444 e. The molecule has 16 heteroatoms. The van der Waals surface area contributed by atoms with Crippen LogP contribution in [0.3, 0.4) is 0 Å². The van der Waals surface area contributed by atoms with Crippen LogP contribution < -0.4 is 9.47 Å². The molecule has 1 aliphatic carbocycles. The maximum atomic E-state index is 15.7. The Morgan fingerprint density at radius 1 is 0.700 bits per heavy atom. The highest BCUT2D eigenvalue weighted by Gasteiger charge is 2.58. The number of hydrogen-bond acceptors (Lipinski definition) is 6. The lowest BCUT2D eigenvalue weighted by atomic mass is 9.91. The van der Waals surface area contributed by atoms with Gasteiger partial charge in [-0.3, -0.25) is 20.2 Å². The average Bonchev–Trinajstić information content (AvgIpc) is 2.93. The highest BCUT2D eigenvalue weighted by molar-refractivity contribution is 5.82. The SMILES string of the molecule is O=[N+]([O-])c1ccc(OC2(Oc3ccc([N+](=O)[O-])cc3)C(F)=C(F)C(c3cc(F)c(F)c(F)c3F)=C(F)C2F)cc1. The molecular formula is C24H10F8N2O6. The molecule has 0 spiro atoms. The number of hydrogen-bond donors (Lipinski definition) is 0. The van der Waals surface area contributed by atoms with Gasteiger partial charge in [-0.05, 0) is 30.3 Å². The lowest BCUT2D eigenvalue weighted by Gasteiger charge is -2.37. The van der Waals surface area contributed by atoms with Crippen molar-refractivity contribution >= 4 is 16.9 Å². The molecule has 0 amide bonds. The predicted octanol–water partition coefficient (Wildman–Crippen LogP) is 7.10. The zero-order valence-electron chi connectivity index (χ0n) is 19.1. The van der Waals surface area contributed by atoms with Crippen LogP contribution in [0.5, 0.6) is 11.5 Å². The van der Waals surface area contributed by atoms with Gasteiger partial charge in [-0.15, -0.1) is 0 Å². The lowest BCUT2D eigenvalue weighted by Crippen LogP contribution is -2.54. The van der Waals surface area contributed by atoms with Gasteiger partial charge in [0, 0.05) is 29.8 Å². The van der Waals surface area contributed by atoms with Crippen LogP contribution in [0.1, 0.15) is 5.56 Å². The van der Waals surface area contributed by atoms with Crippen LogP contribution in [-0.2, 0) is 0 Å². The van der Waals surface area contributed by atoms with Crippen LogP contribution in [0.4, 0.5) is 46.5 Å². The summed E-state index contributed by atoms with van der Waals surface area (Å²) in [4.78, 5) is 20.1. The van der Waals surface area contributed by atoms with E-state index in [1.807, 2.05) is 0 Å². The Labute approximate surface area is 216 Å². The molecule has 0 radical (unpaired) electrons. The van der Waals surface area contributed by atoms with Crippen molar-refractivity contribution < 1.29 is 54.4 Å². The third kappa shape index (κ3) is 4.67. The number of halogens is 8. The van der Waals surface area contributed by atoms with Crippen molar-refractivity contribution in [3.8, 4) is 11.5 Å². The normalized spacial score (nSPS) is 16.6. The molecule has 0 saturated heterocycles. The van der Waals surface area contributed by atoms with Gasteiger partial charge < -0.3 is 9.47 Å². The lowest BCUT2D eigenvalue weighted by molar-refractivity contribution is -0.385. The molecular weight excluding hydrogens is 564 g/mol. The molecule has 4 rings (SSSR count). The zero-order valence-corrected chi connectivity index (χ0v) is 19.1. The first-order chi connectivity index (χ1) is 18.8. The molecule has 1 atom stereocenters. The van der Waals surface area contributed by atoms with Crippen LogP contribution in [0.15, 0.2) is 72.1 Å². The Morgan fingerprint density at radius 3 is 1.57 bits per heavy atom. The van der Waals surface area contributed by atoms with Gasteiger partial charge in [-0.2, -0.15) is 4.39 Å². The minimum absolute atomic E-state index is 0.233. The summed E-state index contributed by atoms with van der Waals surface area (Å²) in [5.41, 5.74) is -4.73. The van der Waals surface area contributed by atoms with E-state index < -0.39 is 96.6 Å². The first kappa shape index (κ1) is 28.0. The second-order valence-corrected chi connectivity index (χ2v) is 7.93. The fourth-order valence-electron chi connectivity index (χ4n) is 3.61. The summed E-state index contributed by atoms with van der Waals surface area (Å²) < 4.78 is 127. The number of nitro groups is 2. The van der Waals surface area contributed by atoms with Gasteiger partial charge in [0.2, 0.25) is 12.0 Å². The number of nitro benzene ring substituents is 2. The average molecular weight is 574 g/mol. The van der Waals surface area contributed by atoms with Gasteiger partial charge in [0.25, 0.3) is 11.4 Å². The predicted molar refractivity (Wildman–Crippen MR) is 119 cm³/mol.